The van der Waals surface area contributed by atoms with E-state index < -0.39 is 0 Å². The Morgan fingerprint density at radius 2 is 2.14 bits per heavy atom. The van der Waals surface area contributed by atoms with Crippen LogP contribution in [0.1, 0.15) is 32.9 Å². The van der Waals surface area contributed by atoms with Crippen molar-refractivity contribution < 1.29 is 5.11 Å². The van der Waals surface area contributed by atoms with Gasteiger partial charge in [0.25, 0.3) is 0 Å². The first-order valence-corrected chi connectivity index (χ1v) is 8.45. The first kappa shape index (κ1) is 16.1. The number of aliphatic hydroxyl groups excluding tert-OH is 1. The minimum absolute atomic E-state index is 0.0312. The number of nitrogens with zero attached hydrogens (tertiary/aromatic N) is 3. The van der Waals surface area contributed by atoms with Gasteiger partial charge < -0.3 is 10.4 Å². The van der Waals surface area contributed by atoms with Gasteiger partial charge in [-0.3, -0.25) is 0 Å². The molecule has 2 heterocycles. The topological polar surface area (TPSA) is 62.5 Å². The summed E-state index contributed by atoms with van der Waals surface area (Å²) in [5, 5.41) is 16.7. The van der Waals surface area contributed by atoms with E-state index in [0.717, 1.165) is 41.5 Å². The highest BCUT2D eigenvalue weighted by Gasteiger charge is 2.18. The Bertz CT molecular complexity index is 577. The zero-order valence-electron chi connectivity index (χ0n) is 13.0. The van der Waals surface area contributed by atoms with Crippen molar-refractivity contribution >= 4 is 23.1 Å². The second kappa shape index (κ2) is 7.13. The molecule has 0 saturated heterocycles. The van der Waals surface area contributed by atoms with Crippen LogP contribution < -0.4 is 5.32 Å². The van der Waals surface area contributed by atoms with E-state index in [4.69, 9.17) is 5.11 Å². The summed E-state index contributed by atoms with van der Waals surface area (Å²) in [7, 11) is 0. The molecule has 21 heavy (non-hydrogen) atoms. The summed E-state index contributed by atoms with van der Waals surface area (Å²) in [6.45, 7) is 7.61. The molecule has 0 aliphatic carbocycles. The lowest BCUT2D eigenvalue weighted by atomic mass is 9.92. The number of nitrogens with one attached hydrogen (secondary N) is 1. The average molecular weight is 308 g/mol. The van der Waals surface area contributed by atoms with Crippen molar-refractivity contribution in [3.8, 4) is 0 Å². The number of hydrogen-bond donors (Lipinski definition) is 2. The monoisotopic (exact) mass is 308 g/mol. The van der Waals surface area contributed by atoms with Crippen molar-refractivity contribution in [2.24, 2.45) is 0 Å². The molecule has 2 aromatic rings. The molecule has 0 fully saturated rings. The molecule has 0 unspecified atom stereocenters. The van der Waals surface area contributed by atoms with E-state index in [1.165, 1.54) is 0 Å². The van der Waals surface area contributed by atoms with Crippen molar-refractivity contribution in [3.63, 3.8) is 0 Å². The molecule has 0 aliphatic heterocycles. The highest BCUT2D eigenvalue weighted by atomic mass is 32.2. The van der Waals surface area contributed by atoms with Gasteiger partial charge in [0.2, 0.25) is 0 Å². The molecule has 0 aromatic carbocycles. The lowest BCUT2D eigenvalue weighted by Gasteiger charge is -2.13. The van der Waals surface area contributed by atoms with Crippen LogP contribution >= 0.6 is 11.8 Å². The number of fused-ring (bicyclic) bond motifs is 1. The first-order valence-electron chi connectivity index (χ1n) is 7.30. The second-order valence-electron chi connectivity index (χ2n) is 6.00. The Labute approximate surface area is 130 Å². The SMILES string of the molecule is CC(C)(C)c1cc2c(NCCSCCCO)nccn2n1. The number of hydrogen-bond acceptors (Lipinski definition) is 5. The van der Waals surface area contributed by atoms with Crippen molar-refractivity contribution in [2.75, 3.05) is 30.0 Å². The summed E-state index contributed by atoms with van der Waals surface area (Å²) in [5.74, 6) is 2.88. The number of aromatic nitrogens is 3. The lowest BCUT2D eigenvalue weighted by molar-refractivity contribution is 0.296. The fourth-order valence-electron chi connectivity index (χ4n) is 1.94. The Balaban J connectivity index is 2.01. The molecule has 2 rings (SSSR count). The van der Waals surface area contributed by atoms with Crippen molar-refractivity contribution in [1.29, 1.82) is 0 Å². The van der Waals surface area contributed by atoms with Crippen molar-refractivity contribution in [3.05, 3.63) is 24.2 Å². The summed E-state index contributed by atoms with van der Waals surface area (Å²) < 4.78 is 1.88. The van der Waals surface area contributed by atoms with E-state index in [9.17, 15) is 0 Å². The lowest BCUT2D eigenvalue weighted by Crippen LogP contribution is -2.11. The predicted molar refractivity (Wildman–Crippen MR) is 89.2 cm³/mol. The molecule has 2 aromatic heterocycles. The Hall–Kier alpha value is -1.27. The average Bonchev–Trinajstić information content (AvgIpc) is 2.87. The van der Waals surface area contributed by atoms with Crippen LogP contribution in [0.25, 0.3) is 5.52 Å². The van der Waals surface area contributed by atoms with Crippen LogP contribution in [0.15, 0.2) is 18.5 Å². The molecule has 0 spiro atoms. The molecule has 0 atom stereocenters. The van der Waals surface area contributed by atoms with Gasteiger partial charge in [0.15, 0.2) is 5.82 Å². The molecule has 0 aliphatic rings. The molecular weight excluding hydrogens is 284 g/mol. The number of rotatable bonds is 7. The van der Waals surface area contributed by atoms with E-state index in [0.29, 0.717) is 0 Å². The van der Waals surface area contributed by atoms with Gasteiger partial charge in [-0.25, -0.2) is 9.50 Å². The third-order valence-corrected chi connectivity index (χ3v) is 4.21. The van der Waals surface area contributed by atoms with Crippen LogP contribution in [-0.2, 0) is 5.41 Å². The normalized spacial score (nSPS) is 12.0. The quantitative estimate of drug-likeness (QED) is 0.770. The Morgan fingerprint density at radius 1 is 1.33 bits per heavy atom. The van der Waals surface area contributed by atoms with Gasteiger partial charge in [-0.05, 0) is 18.2 Å². The zero-order chi connectivity index (χ0) is 15.3. The molecule has 116 valence electrons. The third kappa shape index (κ3) is 4.35. The van der Waals surface area contributed by atoms with Gasteiger partial charge >= 0.3 is 0 Å². The maximum absolute atomic E-state index is 8.74. The number of aliphatic hydroxyl groups is 1. The second-order valence-corrected chi connectivity index (χ2v) is 7.23. The molecule has 0 saturated carbocycles. The van der Waals surface area contributed by atoms with Gasteiger partial charge in [0.05, 0.1) is 5.69 Å². The number of anilines is 1. The van der Waals surface area contributed by atoms with Crippen LogP contribution in [0.2, 0.25) is 0 Å². The van der Waals surface area contributed by atoms with Crippen LogP contribution in [-0.4, -0.2) is 44.4 Å². The predicted octanol–water partition coefficient (Wildman–Crippen LogP) is 2.55. The van der Waals surface area contributed by atoms with Crippen molar-refractivity contribution in [2.45, 2.75) is 32.6 Å². The van der Waals surface area contributed by atoms with Crippen LogP contribution in [0.5, 0.6) is 0 Å². The summed E-state index contributed by atoms with van der Waals surface area (Å²) in [5.41, 5.74) is 2.11. The van der Waals surface area contributed by atoms with Gasteiger partial charge in [-0.1, -0.05) is 20.8 Å². The maximum Gasteiger partial charge on any atom is 0.152 e. The van der Waals surface area contributed by atoms with E-state index >= 15 is 0 Å². The fraction of sp³-hybridized carbons (Fsp3) is 0.600. The Morgan fingerprint density at radius 3 is 2.86 bits per heavy atom. The fourth-order valence-corrected chi connectivity index (χ4v) is 2.72. The summed E-state index contributed by atoms with van der Waals surface area (Å²) >= 11 is 1.84. The summed E-state index contributed by atoms with van der Waals surface area (Å²) in [6.07, 6.45) is 4.51. The highest BCUT2D eigenvalue weighted by Crippen LogP contribution is 2.24. The molecule has 0 amide bonds. The minimum Gasteiger partial charge on any atom is -0.396 e. The van der Waals surface area contributed by atoms with Crippen molar-refractivity contribution in [1.82, 2.24) is 14.6 Å². The van der Waals surface area contributed by atoms with Crippen LogP contribution in [0, 0.1) is 0 Å². The largest absolute Gasteiger partial charge is 0.396 e. The maximum atomic E-state index is 8.74. The minimum atomic E-state index is 0.0312. The van der Waals surface area contributed by atoms with Gasteiger partial charge in [-0.2, -0.15) is 16.9 Å². The molecule has 6 heteroatoms. The number of thioether (sulfide) groups is 1. The molecule has 5 nitrogen and oxygen atoms in total. The van der Waals surface area contributed by atoms with Gasteiger partial charge in [0, 0.05) is 36.7 Å². The molecule has 2 N–H and O–H groups in total. The zero-order valence-corrected chi connectivity index (χ0v) is 13.8. The molecule has 0 radical (unpaired) electrons. The standard InChI is InChI=1S/C15H24N4OS/c1-15(2,3)13-11-12-14(16-5-7-19(12)18-13)17-6-10-21-9-4-8-20/h5,7,11,20H,4,6,8-10H2,1-3H3,(H,16,17). The molecule has 0 bridgehead atoms. The summed E-state index contributed by atoms with van der Waals surface area (Å²) in [6, 6.07) is 2.11. The smallest absolute Gasteiger partial charge is 0.152 e. The van der Waals surface area contributed by atoms with Gasteiger partial charge in [-0.15, -0.1) is 0 Å². The summed E-state index contributed by atoms with van der Waals surface area (Å²) in [4.78, 5) is 4.42. The van der Waals surface area contributed by atoms with E-state index in [2.05, 4.69) is 42.2 Å². The van der Waals surface area contributed by atoms with E-state index in [-0.39, 0.29) is 12.0 Å². The van der Waals surface area contributed by atoms with E-state index in [1.807, 2.05) is 22.5 Å². The van der Waals surface area contributed by atoms with Crippen LogP contribution in [0.3, 0.4) is 0 Å². The first-order chi connectivity index (χ1) is 10.0. The van der Waals surface area contributed by atoms with E-state index in [1.54, 1.807) is 6.20 Å². The van der Waals surface area contributed by atoms with Gasteiger partial charge in [0.1, 0.15) is 5.52 Å². The Kier molecular flexibility index (Phi) is 5.47. The third-order valence-electron chi connectivity index (χ3n) is 3.14. The highest BCUT2D eigenvalue weighted by molar-refractivity contribution is 7.99. The van der Waals surface area contributed by atoms with Crippen LogP contribution in [0.4, 0.5) is 5.82 Å². The molecular formula is C15H24N4OS.